The summed E-state index contributed by atoms with van der Waals surface area (Å²) < 4.78 is 5.64. The molecule has 0 aliphatic heterocycles. The smallest absolute Gasteiger partial charge is 0.197 e. The summed E-state index contributed by atoms with van der Waals surface area (Å²) in [6.07, 6.45) is 5.82. The van der Waals surface area contributed by atoms with Crippen molar-refractivity contribution >= 4 is 5.82 Å². The maximum Gasteiger partial charge on any atom is 0.197 e. The fraction of sp³-hybridized carbons (Fsp3) is 0.467. The summed E-state index contributed by atoms with van der Waals surface area (Å²) >= 11 is 0. The lowest BCUT2D eigenvalue weighted by Crippen LogP contribution is -2.06. The molecule has 4 heteroatoms. The fourth-order valence-electron chi connectivity index (χ4n) is 2.64. The van der Waals surface area contributed by atoms with Crippen LogP contribution in [0, 0.1) is 6.92 Å². The number of aromatic nitrogens is 2. The van der Waals surface area contributed by atoms with E-state index in [4.69, 9.17) is 9.40 Å². The Morgan fingerprint density at radius 2 is 1.95 bits per heavy atom. The number of hydrogen-bond acceptors (Lipinski definition) is 4. The Morgan fingerprint density at radius 3 is 2.68 bits per heavy atom. The van der Waals surface area contributed by atoms with E-state index >= 15 is 0 Å². The van der Waals surface area contributed by atoms with Crippen molar-refractivity contribution in [2.45, 2.75) is 39.0 Å². The maximum absolute atomic E-state index is 5.64. The molecule has 0 radical (unpaired) electrons. The molecule has 0 atom stereocenters. The normalized spacial score (nSPS) is 14.8. The van der Waals surface area contributed by atoms with Crippen LogP contribution in [0.4, 0.5) is 5.82 Å². The van der Waals surface area contributed by atoms with Gasteiger partial charge in [-0.1, -0.05) is 6.42 Å². The van der Waals surface area contributed by atoms with Crippen LogP contribution < -0.4 is 5.32 Å². The lowest BCUT2D eigenvalue weighted by molar-refractivity contribution is 0.543. The van der Waals surface area contributed by atoms with Crippen molar-refractivity contribution < 1.29 is 4.42 Å². The van der Waals surface area contributed by atoms with Crippen LogP contribution in [-0.4, -0.2) is 17.0 Å². The third-order valence-corrected chi connectivity index (χ3v) is 3.63. The molecule has 0 saturated carbocycles. The standard InChI is InChI=1S/C15H19N3O/c1-10-8-9-13(19-10)15-17-12-7-5-3-4-6-11(12)14(16-2)18-15/h8-9H,3-7H2,1-2H3,(H,16,17,18). The Morgan fingerprint density at radius 1 is 1.11 bits per heavy atom. The highest BCUT2D eigenvalue weighted by molar-refractivity contribution is 5.56. The second-order valence-corrected chi connectivity index (χ2v) is 5.04. The van der Waals surface area contributed by atoms with E-state index in [1.54, 1.807) is 0 Å². The zero-order chi connectivity index (χ0) is 13.2. The van der Waals surface area contributed by atoms with Gasteiger partial charge in [0, 0.05) is 18.3 Å². The predicted molar refractivity (Wildman–Crippen MR) is 75.3 cm³/mol. The number of fused-ring (bicyclic) bond motifs is 1. The van der Waals surface area contributed by atoms with E-state index < -0.39 is 0 Å². The summed E-state index contributed by atoms with van der Waals surface area (Å²) in [6, 6.07) is 3.89. The van der Waals surface area contributed by atoms with Gasteiger partial charge in [0.15, 0.2) is 11.6 Å². The van der Waals surface area contributed by atoms with Crippen molar-refractivity contribution in [1.29, 1.82) is 0 Å². The Bertz CT molecular complexity index is 589. The van der Waals surface area contributed by atoms with E-state index in [1.807, 2.05) is 26.1 Å². The second-order valence-electron chi connectivity index (χ2n) is 5.04. The lowest BCUT2D eigenvalue weighted by Gasteiger charge is -2.11. The topological polar surface area (TPSA) is 51.0 Å². The van der Waals surface area contributed by atoms with Gasteiger partial charge < -0.3 is 9.73 Å². The molecule has 2 aromatic heterocycles. The third kappa shape index (κ3) is 2.35. The number of anilines is 1. The predicted octanol–water partition coefficient (Wildman–Crippen LogP) is 3.36. The van der Waals surface area contributed by atoms with E-state index in [-0.39, 0.29) is 0 Å². The first-order valence-corrected chi connectivity index (χ1v) is 6.92. The number of rotatable bonds is 2. The van der Waals surface area contributed by atoms with Crippen LogP contribution in [0.2, 0.25) is 0 Å². The third-order valence-electron chi connectivity index (χ3n) is 3.63. The summed E-state index contributed by atoms with van der Waals surface area (Å²) in [5.41, 5.74) is 2.47. The van der Waals surface area contributed by atoms with Crippen molar-refractivity contribution in [3.63, 3.8) is 0 Å². The summed E-state index contributed by atoms with van der Waals surface area (Å²) in [7, 11) is 1.92. The first-order valence-electron chi connectivity index (χ1n) is 6.92. The molecule has 4 nitrogen and oxygen atoms in total. The molecule has 0 aromatic carbocycles. The number of nitrogens with one attached hydrogen (secondary N) is 1. The highest BCUT2D eigenvalue weighted by Crippen LogP contribution is 2.28. The molecule has 3 rings (SSSR count). The molecule has 19 heavy (non-hydrogen) atoms. The molecule has 0 fully saturated rings. The highest BCUT2D eigenvalue weighted by Gasteiger charge is 2.17. The van der Waals surface area contributed by atoms with Crippen molar-refractivity contribution in [3.05, 3.63) is 29.2 Å². The van der Waals surface area contributed by atoms with Gasteiger partial charge in [-0.05, 0) is 44.7 Å². The van der Waals surface area contributed by atoms with E-state index in [2.05, 4.69) is 10.3 Å². The number of nitrogens with zero attached hydrogens (tertiary/aromatic N) is 2. The zero-order valence-corrected chi connectivity index (χ0v) is 11.5. The van der Waals surface area contributed by atoms with E-state index in [0.717, 1.165) is 30.2 Å². The second kappa shape index (κ2) is 5.03. The van der Waals surface area contributed by atoms with Crippen molar-refractivity contribution in [3.8, 4) is 11.6 Å². The molecule has 0 spiro atoms. The molecule has 0 saturated heterocycles. The van der Waals surface area contributed by atoms with Crippen molar-refractivity contribution in [2.24, 2.45) is 0 Å². The molecule has 0 unspecified atom stereocenters. The summed E-state index contributed by atoms with van der Waals surface area (Å²) in [6.45, 7) is 1.94. The quantitative estimate of drug-likeness (QED) is 0.838. The number of hydrogen-bond donors (Lipinski definition) is 1. The van der Waals surface area contributed by atoms with Gasteiger partial charge in [-0.25, -0.2) is 9.97 Å². The van der Waals surface area contributed by atoms with Gasteiger partial charge in [-0.3, -0.25) is 0 Å². The molecule has 0 bridgehead atoms. The molecule has 1 aliphatic carbocycles. The van der Waals surface area contributed by atoms with Crippen molar-refractivity contribution in [2.75, 3.05) is 12.4 Å². The molecule has 1 aliphatic rings. The van der Waals surface area contributed by atoms with E-state index in [0.29, 0.717) is 5.82 Å². The van der Waals surface area contributed by atoms with Gasteiger partial charge in [0.1, 0.15) is 11.6 Å². The molecule has 2 aromatic rings. The molecular weight excluding hydrogens is 238 g/mol. The van der Waals surface area contributed by atoms with Crippen LogP contribution in [0.1, 0.15) is 36.3 Å². The van der Waals surface area contributed by atoms with Crippen LogP contribution >= 0.6 is 0 Å². The molecule has 100 valence electrons. The Labute approximate surface area is 113 Å². The number of aryl methyl sites for hydroxylation is 2. The molecular formula is C15H19N3O. The summed E-state index contributed by atoms with van der Waals surface area (Å²) in [5.74, 6) is 3.29. The maximum atomic E-state index is 5.64. The zero-order valence-electron chi connectivity index (χ0n) is 11.5. The molecule has 0 amide bonds. The Balaban J connectivity index is 2.09. The minimum absolute atomic E-state index is 0.693. The molecule has 2 heterocycles. The van der Waals surface area contributed by atoms with Gasteiger partial charge >= 0.3 is 0 Å². The minimum atomic E-state index is 0.693. The van der Waals surface area contributed by atoms with E-state index in [1.165, 1.54) is 30.5 Å². The number of furan rings is 1. The molecule has 1 N–H and O–H groups in total. The van der Waals surface area contributed by atoms with Crippen LogP contribution in [0.5, 0.6) is 0 Å². The van der Waals surface area contributed by atoms with Gasteiger partial charge in [-0.15, -0.1) is 0 Å². The SMILES string of the molecule is CNc1nc(-c2ccc(C)o2)nc2c1CCCCC2. The van der Waals surface area contributed by atoms with Gasteiger partial charge in [0.05, 0.1) is 0 Å². The first-order chi connectivity index (χ1) is 9.28. The fourth-order valence-corrected chi connectivity index (χ4v) is 2.64. The van der Waals surface area contributed by atoms with Crippen molar-refractivity contribution in [1.82, 2.24) is 9.97 Å². The van der Waals surface area contributed by atoms with Crippen LogP contribution in [-0.2, 0) is 12.8 Å². The largest absolute Gasteiger partial charge is 0.458 e. The van der Waals surface area contributed by atoms with Crippen LogP contribution in [0.3, 0.4) is 0 Å². The van der Waals surface area contributed by atoms with Gasteiger partial charge in [-0.2, -0.15) is 0 Å². The highest BCUT2D eigenvalue weighted by atomic mass is 16.3. The first kappa shape index (κ1) is 12.2. The minimum Gasteiger partial charge on any atom is -0.458 e. The summed E-state index contributed by atoms with van der Waals surface area (Å²) in [4.78, 5) is 9.33. The van der Waals surface area contributed by atoms with Gasteiger partial charge in [0.2, 0.25) is 0 Å². The summed E-state index contributed by atoms with van der Waals surface area (Å²) in [5, 5.41) is 3.21. The monoisotopic (exact) mass is 257 g/mol. The Kier molecular flexibility index (Phi) is 3.23. The average molecular weight is 257 g/mol. The van der Waals surface area contributed by atoms with E-state index in [9.17, 15) is 0 Å². The average Bonchev–Trinajstić information content (AvgIpc) is 2.72. The van der Waals surface area contributed by atoms with Gasteiger partial charge in [0.25, 0.3) is 0 Å². The lowest BCUT2D eigenvalue weighted by atomic mass is 10.1. The Hall–Kier alpha value is -1.84. The van der Waals surface area contributed by atoms with Crippen LogP contribution in [0.25, 0.3) is 11.6 Å². The van der Waals surface area contributed by atoms with Crippen LogP contribution in [0.15, 0.2) is 16.5 Å².